The molecule has 2 amide bonds. The number of carboxylic acid groups (broad SMARTS) is 1. The molecule has 0 aliphatic carbocycles. The molecule has 0 aromatic carbocycles. The molecule has 2 atom stereocenters. The van der Waals surface area contributed by atoms with Crippen LogP contribution >= 0.6 is 11.3 Å². The van der Waals surface area contributed by atoms with Crippen LogP contribution in [0.25, 0.3) is 0 Å². The molecule has 1 aliphatic heterocycles. The maximum absolute atomic E-state index is 12.0. The van der Waals surface area contributed by atoms with Crippen LogP contribution in [0.2, 0.25) is 0 Å². The molecule has 0 spiro atoms. The van der Waals surface area contributed by atoms with Crippen LogP contribution in [0.4, 0.5) is 4.79 Å². The van der Waals surface area contributed by atoms with Crippen molar-refractivity contribution in [2.24, 2.45) is 11.8 Å². The predicted molar refractivity (Wildman–Crippen MR) is 75.7 cm³/mol. The highest BCUT2D eigenvalue weighted by Crippen LogP contribution is 2.21. The number of rotatable bonds is 4. The van der Waals surface area contributed by atoms with E-state index >= 15 is 0 Å². The normalized spacial score (nSPS) is 22.6. The number of thiazole rings is 1. The molecule has 2 unspecified atom stereocenters. The standard InChI is InChI=1S/C13H19N3O3S/c1-9-6-10(12(17)18)8-16(7-9)13(19)15-3-2-11-14-4-5-20-11/h4-5,9-10H,2-3,6-8H2,1H3,(H,15,19)(H,17,18). The van der Waals surface area contributed by atoms with E-state index in [1.807, 2.05) is 12.3 Å². The first-order chi connectivity index (χ1) is 9.56. The van der Waals surface area contributed by atoms with E-state index in [2.05, 4.69) is 10.3 Å². The Bertz CT molecular complexity index is 463. The molecule has 0 bridgehead atoms. The Hall–Kier alpha value is -1.63. The van der Waals surface area contributed by atoms with Gasteiger partial charge in [0.05, 0.1) is 10.9 Å². The lowest BCUT2D eigenvalue weighted by atomic mass is 9.91. The molecule has 1 aromatic rings. The van der Waals surface area contributed by atoms with Crippen LogP contribution in [0.3, 0.4) is 0 Å². The third-order valence-corrected chi connectivity index (χ3v) is 4.23. The Balaban J connectivity index is 1.80. The van der Waals surface area contributed by atoms with Crippen molar-refractivity contribution in [3.8, 4) is 0 Å². The summed E-state index contributed by atoms with van der Waals surface area (Å²) in [6, 6.07) is -0.181. The van der Waals surface area contributed by atoms with Gasteiger partial charge in [0.1, 0.15) is 0 Å². The third kappa shape index (κ3) is 3.93. The Morgan fingerprint density at radius 3 is 3.00 bits per heavy atom. The first-order valence-corrected chi connectivity index (χ1v) is 7.58. The summed E-state index contributed by atoms with van der Waals surface area (Å²) >= 11 is 1.56. The van der Waals surface area contributed by atoms with Gasteiger partial charge < -0.3 is 15.3 Å². The largest absolute Gasteiger partial charge is 0.481 e. The summed E-state index contributed by atoms with van der Waals surface area (Å²) in [6.07, 6.45) is 3.08. The van der Waals surface area contributed by atoms with Crippen LogP contribution in [-0.4, -0.2) is 46.6 Å². The van der Waals surface area contributed by atoms with Gasteiger partial charge >= 0.3 is 12.0 Å². The first-order valence-electron chi connectivity index (χ1n) is 6.70. The summed E-state index contributed by atoms with van der Waals surface area (Å²) in [5.41, 5.74) is 0. The zero-order chi connectivity index (χ0) is 14.5. The van der Waals surface area contributed by atoms with Gasteiger partial charge in [0.2, 0.25) is 0 Å². The molecule has 20 heavy (non-hydrogen) atoms. The predicted octanol–water partition coefficient (Wildman–Crippen LogP) is 1.44. The average Bonchev–Trinajstić information content (AvgIpc) is 2.91. The smallest absolute Gasteiger partial charge is 0.317 e. The summed E-state index contributed by atoms with van der Waals surface area (Å²) < 4.78 is 0. The topological polar surface area (TPSA) is 82.5 Å². The number of amides is 2. The molecule has 110 valence electrons. The van der Waals surface area contributed by atoms with E-state index in [0.29, 0.717) is 32.5 Å². The molecular weight excluding hydrogens is 278 g/mol. The van der Waals surface area contributed by atoms with E-state index in [1.165, 1.54) is 0 Å². The Kier molecular flexibility index (Phi) is 4.94. The number of carboxylic acids is 1. The van der Waals surface area contributed by atoms with Gasteiger partial charge in [0, 0.05) is 37.6 Å². The second kappa shape index (κ2) is 6.69. The number of nitrogens with one attached hydrogen (secondary N) is 1. The fourth-order valence-electron chi connectivity index (χ4n) is 2.46. The summed E-state index contributed by atoms with van der Waals surface area (Å²) in [5, 5.41) is 14.8. The molecular formula is C13H19N3O3S. The number of hydrogen-bond acceptors (Lipinski definition) is 4. The van der Waals surface area contributed by atoms with Crippen molar-refractivity contribution in [2.75, 3.05) is 19.6 Å². The second-order valence-corrected chi connectivity index (χ2v) is 6.17. The Morgan fingerprint density at radius 1 is 1.55 bits per heavy atom. The number of aromatic nitrogens is 1. The van der Waals surface area contributed by atoms with E-state index in [1.54, 1.807) is 22.4 Å². The van der Waals surface area contributed by atoms with E-state index in [-0.39, 0.29) is 11.9 Å². The highest BCUT2D eigenvalue weighted by Gasteiger charge is 2.31. The molecule has 2 rings (SSSR count). The van der Waals surface area contributed by atoms with Gasteiger partial charge in [-0.25, -0.2) is 9.78 Å². The lowest BCUT2D eigenvalue weighted by molar-refractivity contribution is -0.143. The highest BCUT2D eigenvalue weighted by atomic mass is 32.1. The molecule has 0 radical (unpaired) electrons. The summed E-state index contributed by atoms with van der Waals surface area (Å²) in [7, 11) is 0. The quantitative estimate of drug-likeness (QED) is 0.881. The van der Waals surface area contributed by atoms with Gasteiger partial charge in [-0.2, -0.15) is 0 Å². The van der Waals surface area contributed by atoms with E-state index in [0.717, 1.165) is 5.01 Å². The van der Waals surface area contributed by atoms with Crippen molar-refractivity contribution in [3.05, 3.63) is 16.6 Å². The van der Waals surface area contributed by atoms with Crippen molar-refractivity contribution in [1.29, 1.82) is 0 Å². The van der Waals surface area contributed by atoms with Gasteiger partial charge in [-0.15, -0.1) is 11.3 Å². The number of carbonyl (C=O) groups is 2. The number of piperidine rings is 1. The minimum atomic E-state index is -0.822. The first kappa shape index (κ1) is 14.8. The molecule has 1 fully saturated rings. The van der Waals surface area contributed by atoms with Crippen LogP contribution in [0.5, 0.6) is 0 Å². The summed E-state index contributed by atoms with van der Waals surface area (Å²) in [4.78, 5) is 28.9. The monoisotopic (exact) mass is 297 g/mol. The molecule has 2 heterocycles. The Morgan fingerprint density at radius 2 is 2.35 bits per heavy atom. The minimum absolute atomic E-state index is 0.181. The number of carbonyl (C=O) groups excluding carboxylic acids is 1. The maximum atomic E-state index is 12.0. The summed E-state index contributed by atoms with van der Waals surface area (Å²) in [6.45, 7) is 3.41. The molecule has 1 aromatic heterocycles. The molecule has 0 saturated carbocycles. The van der Waals surface area contributed by atoms with Crippen LogP contribution < -0.4 is 5.32 Å². The molecule has 6 nitrogen and oxygen atoms in total. The maximum Gasteiger partial charge on any atom is 0.317 e. The van der Waals surface area contributed by atoms with Crippen LogP contribution in [0.1, 0.15) is 18.4 Å². The Labute approximate surface area is 121 Å². The number of aliphatic carboxylic acids is 1. The number of urea groups is 1. The van der Waals surface area contributed by atoms with Crippen LogP contribution in [0, 0.1) is 11.8 Å². The third-order valence-electron chi connectivity index (χ3n) is 3.39. The molecule has 1 saturated heterocycles. The lowest BCUT2D eigenvalue weighted by Gasteiger charge is -2.34. The van der Waals surface area contributed by atoms with Crippen LogP contribution in [0.15, 0.2) is 11.6 Å². The van der Waals surface area contributed by atoms with Gasteiger partial charge in [-0.1, -0.05) is 6.92 Å². The van der Waals surface area contributed by atoms with Crippen molar-refractivity contribution in [1.82, 2.24) is 15.2 Å². The van der Waals surface area contributed by atoms with Crippen molar-refractivity contribution in [3.63, 3.8) is 0 Å². The fourth-order valence-corrected chi connectivity index (χ4v) is 3.08. The zero-order valence-corrected chi connectivity index (χ0v) is 12.2. The van der Waals surface area contributed by atoms with Gasteiger partial charge in [0.15, 0.2) is 0 Å². The van der Waals surface area contributed by atoms with Crippen molar-refractivity contribution >= 4 is 23.3 Å². The van der Waals surface area contributed by atoms with Gasteiger partial charge in [0.25, 0.3) is 0 Å². The molecule has 7 heteroatoms. The fraction of sp³-hybridized carbons (Fsp3) is 0.615. The highest BCUT2D eigenvalue weighted by molar-refractivity contribution is 7.09. The number of nitrogens with zero attached hydrogens (tertiary/aromatic N) is 2. The second-order valence-electron chi connectivity index (χ2n) is 5.19. The zero-order valence-electron chi connectivity index (χ0n) is 11.4. The van der Waals surface area contributed by atoms with E-state index in [4.69, 9.17) is 5.11 Å². The SMILES string of the molecule is CC1CC(C(=O)O)CN(C(=O)NCCc2nccs2)C1. The van der Waals surface area contributed by atoms with E-state index in [9.17, 15) is 9.59 Å². The molecule has 2 N–H and O–H groups in total. The van der Waals surface area contributed by atoms with Gasteiger partial charge in [-0.3, -0.25) is 4.79 Å². The van der Waals surface area contributed by atoms with Crippen molar-refractivity contribution in [2.45, 2.75) is 19.8 Å². The average molecular weight is 297 g/mol. The number of hydrogen-bond donors (Lipinski definition) is 2. The van der Waals surface area contributed by atoms with Gasteiger partial charge in [-0.05, 0) is 12.3 Å². The van der Waals surface area contributed by atoms with Crippen LogP contribution in [-0.2, 0) is 11.2 Å². The summed E-state index contributed by atoms with van der Waals surface area (Å²) in [5.74, 6) is -1.06. The molecule has 1 aliphatic rings. The number of likely N-dealkylation sites (tertiary alicyclic amines) is 1. The minimum Gasteiger partial charge on any atom is -0.481 e. The van der Waals surface area contributed by atoms with E-state index < -0.39 is 11.9 Å². The lowest BCUT2D eigenvalue weighted by Crippen LogP contribution is -2.49. The van der Waals surface area contributed by atoms with Crippen molar-refractivity contribution < 1.29 is 14.7 Å².